The summed E-state index contributed by atoms with van der Waals surface area (Å²) in [6.45, 7) is 0.416. The van der Waals surface area contributed by atoms with E-state index in [1.54, 1.807) is 19.2 Å². The summed E-state index contributed by atoms with van der Waals surface area (Å²) in [6, 6.07) is 4.92. The number of phenolic OH excluding ortho intramolecular Hbond substituents is 1. The Hall–Kier alpha value is -1.26. The summed E-state index contributed by atoms with van der Waals surface area (Å²) >= 11 is 0. The van der Waals surface area contributed by atoms with Crippen LogP contribution in [0.2, 0.25) is 0 Å². The molecule has 0 amide bonds. The Bertz CT molecular complexity index is 301. The molecule has 0 heterocycles. The number of hydrogen-bond acceptors (Lipinski definition) is 4. The van der Waals surface area contributed by atoms with E-state index in [-0.39, 0.29) is 5.75 Å². The highest BCUT2D eigenvalue weighted by atomic mass is 16.5. The van der Waals surface area contributed by atoms with Gasteiger partial charge in [0.05, 0.1) is 13.2 Å². The molecule has 1 rings (SSSR count). The SMILES string of the molecule is CNCC(O)c1cccc(O)c1OC. The Morgan fingerprint density at radius 1 is 1.50 bits per heavy atom. The molecule has 3 N–H and O–H groups in total. The summed E-state index contributed by atoms with van der Waals surface area (Å²) in [5.41, 5.74) is 0.585. The van der Waals surface area contributed by atoms with Crippen molar-refractivity contribution >= 4 is 0 Å². The number of rotatable bonds is 4. The van der Waals surface area contributed by atoms with Gasteiger partial charge in [-0.3, -0.25) is 0 Å². The molecule has 78 valence electrons. The zero-order valence-corrected chi connectivity index (χ0v) is 8.32. The van der Waals surface area contributed by atoms with Gasteiger partial charge in [-0.1, -0.05) is 12.1 Å². The van der Waals surface area contributed by atoms with E-state index in [9.17, 15) is 10.2 Å². The summed E-state index contributed by atoms with van der Waals surface area (Å²) in [5, 5.41) is 22.0. The summed E-state index contributed by atoms with van der Waals surface area (Å²) in [6.07, 6.45) is -0.679. The van der Waals surface area contributed by atoms with E-state index in [0.717, 1.165) is 0 Å². The van der Waals surface area contributed by atoms with Crippen LogP contribution in [0.4, 0.5) is 0 Å². The van der Waals surface area contributed by atoms with Crippen molar-refractivity contribution in [3.63, 3.8) is 0 Å². The average Bonchev–Trinajstić information content (AvgIpc) is 2.17. The van der Waals surface area contributed by atoms with E-state index in [1.807, 2.05) is 0 Å². The summed E-state index contributed by atoms with van der Waals surface area (Å²) in [4.78, 5) is 0. The van der Waals surface area contributed by atoms with E-state index < -0.39 is 6.10 Å². The monoisotopic (exact) mass is 197 g/mol. The number of aliphatic hydroxyl groups excluding tert-OH is 1. The number of para-hydroxylation sites is 1. The third-order valence-corrected chi connectivity index (χ3v) is 1.99. The van der Waals surface area contributed by atoms with Crippen LogP contribution in [0, 0.1) is 0 Å². The number of aromatic hydroxyl groups is 1. The second-order valence-electron chi connectivity index (χ2n) is 2.97. The summed E-state index contributed by atoms with van der Waals surface area (Å²) < 4.78 is 5.01. The number of nitrogens with one attached hydrogen (secondary N) is 1. The molecule has 0 fully saturated rings. The fraction of sp³-hybridized carbons (Fsp3) is 0.400. The molecule has 1 aromatic carbocycles. The van der Waals surface area contributed by atoms with Crippen LogP contribution >= 0.6 is 0 Å². The van der Waals surface area contributed by atoms with Crippen molar-refractivity contribution in [1.29, 1.82) is 0 Å². The van der Waals surface area contributed by atoms with Crippen molar-refractivity contribution < 1.29 is 14.9 Å². The normalized spacial score (nSPS) is 12.5. The Balaban J connectivity index is 3.00. The predicted octanol–water partition coefficient (Wildman–Crippen LogP) is 0.654. The predicted molar refractivity (Wildman–Crippen MR) is 53.5 cm³/mol. The first-order valence-electron chi connectivity index (χ1n) is 4.39. The zero-order valence-electron chi connectivity index (χ0n) is 8.32. The van der Waals surface area contributed by atoms with Gasteiger partial charge < -0.3 is 20.3 Å². The molecule has 1 unspecified atom stereocenters. The van der Waals surface area contributed by atoms with E-state index in [2.05, 4.69) is 5.32 Å². The maximum Gasteiger partial charge on any atom is 0.166 e. The number of phenols is 1. The zero-order chi connectivity index (χ0) is 10.6. The van der Waals surface area contributed by atoms with Gasteiger partial charge in [0.2, 0.25) is 0 Å². The highest BCUT2D eigenvalue weighted by Crippen LogP contribution is 2.33. The quantitative estimate of drug-likeness (QED) is 0.663. The minimum Gasteiger partial charge on any atom is -0.504 e. The molecule has 1 atom stereocenters. The molecule has 0 radical (unpaired) electrons. The van der Waals surface area contributed by atoms with Gasteiger partial charge in [-0.2, -0.15) is 0 Å². The standard InChI is InChI=1S/C10H15NO3/c1-11-6-9(13)7-4-3-5-8(12)10(7)14-2/h3-5,9,11-13H,6H2,1-2H3. The van der Waals surface area contributed by atoms with Crippen molar-refractivity contribution in [2.45, 2.75) is 6.10 Å². The van der Waals surface area contributed by atoms with E-state index in [1.165, 1.54) is 13.2 Å². The molecule has 0 aliphatic carbocycles. The lowest BCUT2D eigenvalue weighted by molar-refractivity contribution is 0.172. The number of methoxy groups -OCH3 is 1. The summed E-state index contributed by atoms with van der Waals surface area (Å²) in [7, 11) is 3.21. The maximum atomic E-state index is 9.70. The molecule has 0 aromatic heterocycles. The van der Waals surface area contributed by atoms with Crippen molar-refractivity contribution in [3.05, 3.63) is 23.8 Å². The number of hydrogen-bond donors (Lipinski definition) is 3. The van der Waals surface area contributed by atoms with Crippen molar-refractivity contribution in [1.82, 2.24) is 5.32 Å². The van der Waals surface area contributed by atoms with Crippen LogP contribution < -0.4 is 10.1 Å². The highest BCUT2D eigenvalue weighted by Gasteiger charge is 2.14. The molecule has 0 aliphatic heterocycles. The molecular formula is C10H15NO3. The van der Waals surface area contributed by atoms with Crippen LogP contribution in [0.1, 0.15) is 11.7 Å². The third kappa shape index (κ3) is 2.16. The van der Waals surface area contributed by atoms with Crippen molar-refractivity contribution in [2.24, 2.45) is 0 Å². The minimum absolute atomic E-state index is 0.0418. The molecule has 4 nitrogen and oxygen atoms in total. The van der Waals surface area contributed by atoms with Crippen LogP contribution in [0.25, 0.3) is 0 Å². The molecule has 14 heavy (non-hydrogen) atoms. The van der Waals surface area contributed by atoms with E-state index in [0.29, 0.717) is 17.9 Å². The number of likely N-dealkylation sites (N-methyl/N-ethyl adjacent to an activating group) is 1. The van der Waals surface area contributed by atoms with Gasteiger partial charge in [0.1, 0.15) is 0 Å². The van der Waals surface area contributed by atoms with Crippen LogP contribution in [0.15, 0.2) is 18.2 Å². The lowest BCUT2D eigenvalue weighted by Crippen LogP contribution is -2.17. The van der Waals surface area contributed by atoms with Gasteiger partial charge >= 0.3 is 0 Å². The van der Waals surface area contributed by atoms with Crippen LogP contribution in [0.3, 0.4) is 0 Å². The molecule has 0 saturated heterocycles. The Kier molecular flexibility index (Phi) is 3.73. The van der Waals surface area contributed by atoms with E-state index >= 15 is 0 Å². The Labute approximate surface area is 83.1 Å². The first kappa shape index (κ1) is 10.8. The van der Waals surface area contributed by atoms with Gasteiger partial charge in [0.15, 0.2) is 11.5 Å². The second-order valence-corrected chi connectivity index (χ2v) is 2.97. The van der Waals surface area contributed by atoms with Gasteiger partial charge in [-0.25, -0.2) is 0 Å². The minimum atomic E-state index is -0.679. The molecule has 0 saturated carbocycles. The molecular weight excluding hydrogens is 182 g/mol. The average molecular weight is 197 g/mol. The Morgan fingerprint density at radius 3 is 2.79 bits per heavy atom. The smallest absolute Gasteiger partial charge is 0.166 e. The topological polar surface area (TPSA) is 61.7 Å². The second kappa shape index (κ2) is 4.83. The van der Waals surface area contributed by atoms with Gasteiger partial charge in [-0.15, -0.1) is 0 Å². The number of aliphatic hydroxyl groups is 1. The first-order valence-corrected chi connectivity index (χ1v) is 4.39. The van der Waals surface area contributed by atoms with Crippen LogP contribution in [-0.4, -0.2) is 30.9 Å². The van der Waals surface area contributed by atoms with Crippen molar-refractivity contribution in [2.75, 3.05) is 20.7 Å². The molecule has 0 bridgehead atoms. The maximum absolute atomic E-state index is 9.70. The molecule has 4 heteroatoms. The summed E-state index contributed by atoms with van der Waals surface area (Å²) in [5.74, 6) is 0.371. The largest absolute Gasteiger partial charge is 0.504 e. The highest BCUT2D eigenvalue weighted by molar-refractivity contribution is 5.46. The molecule has 1 aromatic rings. The van der Waals surface area contributed by atoms with Crippen LogP contribution in [0.5, 0.6) is 11.5 Å². The van der Waals surface area contributed by atoms with E-state index in [4.69, 9.17) is 4.74 Å². The van der Waals surface area contributed by atoms with Gasteiger partial charge in [0, 0.05) is 12.1 Å². The third-order valence-electron chi connectivity index (χ3n) is 1.99. The van der Waals surface area contributed by atoms with Gasteiger partial charge in [0.25, 0.3) is 0 Å². The van der Waals surface area contributed by atoms with Gasteiger partial charge in [-0.05, 0) is 13.1 Å². The fourth-order valence-electron chi connectivity index (χ4n) is 1.33. The van der Waals surface area contributed by atoms with Crippen LogP contribution in [-0.2, 0) is 0 Å². The molecule has 0 aliphatic rings. The molecule has 0 spiro atoms. The van der Waals surface area contributed by atoms with Crippen molar-refractivity contribution in [3.8, 4) is 11.5 Å². The fourth-order valence-corrected chi connectivity index (χ4v) is 1.33. The first-order chi connectivity index (χ1) is 6.70. The Morgan fingerprint density at radius 2 is 2.21 bits per heavy atom. The number of benzene rings is 1. The lowest BCUT2D eigenvalue weighted by Gasteiger charge is -2.14. The lowest BCUT2D eigenvalue weighted by atomic mass is 10.1. The number of ether oxygens (including phenoxy) is 1.